The molecule has 2 rings (SSSR count). The molecular formula is C15H29N3O. The molecule has 2 atom stereocenters. The van der Waals surface area contributed by atoms with Gasteiger partial charge < -0.3 is 10.6 Å². The lowest BCUT2D eigenvalue weighted by molar-refractivity contribution is -0.127. The van der Waals surface area contributed by atoms with Crippen molar-refractivity contribution in [3.8, 4) is 0 Å². The fraction of sp³-hybridized carbons (Fsp3) is 0.933. The van der Waals surface area contributed by atoms with Gasteiger partial charge in [-0.05, 0) is 57.9 Å². The first-order chi connectivity index (χ1) is 8.94. The number of primary amides is 1. The molecule has 1 saturated carbocycles. The number of hydrogen-bond acceptors (Lipinski definition) is 3. The Balaban J connectivity index is 2.09. The van der Waals surface area contributed by atoms with Crippen LogP contribution in [-0.4, -0.2) is 42.0 Å². The van der Waals surface area contributed by atoms with Gasteiger partial charge in [-0.15, -0.1) is 0 Å². The van der Waals surface area contributed by atoms with Gasteiger partial charge in [-0.3, -0.25) is 10.1 Å². The normalized spacial score (nSPS) is 28.3. The van der Waals surface area contributed by atoms with Crippen LogP contribution in [0.3, 0.4) is 0 Å². The van der Waals surface area contributed by atoms with Crippen LogP contribution in [0.4, 0.5) is 0 Å². The SMILES string of the molecule is CC1CCCN(CC(NC(C)C)(C(N)=O)C2CC2)C1. The van der Waals surface area contributed by atoms with Crippen molar-refractivity contribution in [3.63, 3.8) is 0 Å². The molecule has 1 heterocycles. The molecule has 1 aliphatic heterocycles. The summed E-state index contributed by atoms with van der Waals surface area (Å²) in [5.41, 5.74) is 5.28. The molecule has 2 unspecified atom stereocenters. The first kappa shape index (κ1) is 14.8. The highest BCUT2D eigenvalue weighted by Gasteiger charge is 2.51. The quantitative estimate of drug-likeness (QED) is 0.764. The van der Waals surface area contributed by atoms with Crippen LogP contribution in [0, 0.1) is 11.8 Å². The average molecular weight is 267 g/mol. The molecule has 0 aromatic carbocycles. The van der Waals surface area contributed by atoms with Gasteiger partial charge >= 0.3 is 0 Å². The van der Waals surface area contributed by atoms with Crippen molar-refractivity contribution in [2.45, 2.75) is 58.0 Å². The monoisotopic (exact) mass is 267 g/mol. The number of nitrogens with zero attached hydrogens (tertiary/aromatic N) is 1. The summed E-state index contributed by atoms with van der Waals surface area (Å²) >= 11 is 0. The number of piperidine rings is 1. The number of carbonyl (C=O) groups excluding carboxylic acids is 1. The van der Waals surface area contributed by atoms with E-state index in [0.717, 1.165) is 38.4 Å². The van der Waals surface area contributed by atoms with Crippen molar-refractivity contribution in [2.24, 2.45) is 17.6 Å². The van der Waals surface area contributed by atoms with Crippen molar-refractivity contribution in [1.82, 2.24) is 10.2 Å². The fourth-order valence-corrected chi connectivity index (χ4v) is 3.52. The molecule has 19 heavy (non-hydrogen) atoms. The largest absolute Gasteiger partial charge is 0.368 e. The number of carbonyl (C=O) groups is 1. The van der Waals surface area contributed by atoms with Gasteiger partial charge in [0.15, 0.2) is 0 Å². The van der Waals surface area contributed by atoms with Crippen LogP contribution in [0.5, 0.6) is 0 Å². The van der Waals surface area contributed by atoms with E-state index >= 15 is 0 Å². The van der Waals surface area contributed by atoms with E-state index in [1.54, 1.807) is 0 Å². The van der Waals surface area contributed by atoms with Crippen LogP contribution in [0.2, 0.25) is 0 Å². The number of likely N-dealkylation sites (tertiary alicyclic amines) is 1. The Morgan fingerprint density at radius 3 is 2.58 bits per heavy atom. The summed E-state index contributed by atoms with van der Waals surface area (Å²) in [4.78, 5) is 14.6. The fourth-order valence-electron chi connectivity index (χ4n) is 3.52. The van der Waals surface area contributed by atoms with Gasteiger partial charge in [0, 0.05) is 19.1 Å². The van der Waals surface area contributed by atoms with Crippen molar-refractivity contribution in [3.05, 3.63) is 0 Å². The zero-order valence-corrected chi connectivity index (χ0v) is 12.6. The lowest BCUT2D eigenvalue weighted by Crippen LogP contribution is -2.65. The average Bonchev–Trinajstić information content (AvgIpc) is 3.10. The second kappa shape index (κ2) is 5.80. The van der Waals surface area contributed by atoms with Gasteiger partial charge in [-0.2, -0.15) is 0 Å². The Kier molecular flexibility index (Phi) is 4.51. The maximum atomic E-state index is 12.1. The predicted octanol–water partition coefficient (Wildman–Crippen LogP) is 1.35. The zero-order chi connectivity index (χ0) is 14.0. The minimum Gasteiger partial charge on any atom is -0.368 e. The highest BCUT2D eigenvalue weighted by atomic mass is 16.1. The minimum absolute atomic E-state index is 0.165. The molecule has 1 aliphatic carbocycles. The van der Waals surface area contributed by atoms with E-state index in [0.29, 0.717) is 5.92 Å². The number of hydrogen-bond donors (Lipinski definition) is 2. The van der Waals surface area contributed by atoms with Crippen molar-refractivity contribution >= 4 is 5.91 Å². The molecule has 0 bridgehead atoms. The summed E-state index contributed by atoms with van der Waals surface area (Å²) in [5, 5.41) is 3.50. The molecule has 110 valence electrons. The van der Waals surface area contributed by atoms with Gasteiger partial charge in [0.25, 0.3) is 0 Å². The highest BCUT2D eigenvalue weighted by Crippen LogP contribution is 2.41. The van der Waals surface area contributed by atoms with Gasteiger partial charge in [-0.25, -0.2) is 0 Å². The third-order valence-electron chi connectivity index (χ3n) is 4.47. The summed E-state index contributed by atoms with van der Waals surface area (Å²) in [6, 6.07) is 0.287. The first-order valence-corrected chi connectivity index (χ1v) is 7.74. The Labute approximate surface area is 117 Å². The van der Waals surface area contributed by atoms with E-state index < -0.39 is 5.54 Å². The van der Waals surface area contributed by atoms with E-state index in [1.807, 2.05) is 0 Å². The minimum atomic E-state index is -0.509. The van der Waals surface area contributed by atoms with Crippen LogP contribution >= 0.6 is 0 Å². The van der Waals surface area contributed by atoms with E-state index in [2.05, 4.69) is 31.0 Å². The molecule has 2 fully saturated rings. The van der Waals surface area contributed by atoms with E-state index in [1.165, 1.54) is 12.8 Å². The van der Waals surface area contributed by atoms with Crippen LogP contribution in [-0.2, 0) is 4.79 Å². The molecule has 1 saturated heterocycles. The van der Waals surface area contributed by atoms with Crippen LogP contribution in [0.25, 0.3) is 0 Å². The topological polar surface area (TPSA) is 58.4 Å². The second-order valence-corrected chi connectivity index (χ2v) is 6.89. The molecule has 2 aliphatic rings. The van der Waals surface area contributed by atoms with Crippen molar-refractivity contribution < 1.29 is 4.79 Å². The molecule has 3 N–H and O–H groups in total. The molecular weight excluding hydrogens is 238 g/mol. The van der Waals surface area contributed by atoms with Gasteiger partial charge in [0.1, 0.15) is 5.54 Å². The Bertz CT molecular complexity index is 327. The smallest absolute Gasteiger partial charge is 0.239 e. The van der Waals surface area contributed by atoms with E-state index in [-0.39, 0.29) is 11.9 Å². The molecule has 0 aromatic heterocycles. The molecule has 0 radical (unpaired) electrons. The summed E-state index contributed by atoms with van der Waals surface area (Å²) in [7, 11) is 0. The first-order valence-electron chi connectivity index (χ1n) is 7.74. The molecule has 4 heteroatoms. The standard InChI is InChI=1S/C15H29N3O/c1-11(2)17-15(14(16)19,13-6-7-13)10-18-8-4-5-12(3)9-18/h11-13,17H,4-10H2,1-3H3,(H2,16,19). The Morgan fingerprint density at radius 2 is 2.11 bits per heavy atom. The summed E-state index contributed by atoms with van der Waals surface area (Å²) < 4.78 is 0. The molecule has 0 aromatic rings. The second-order valence-electron chi connectivity index (χ2n) is 6.89. The summed E-state index contributed by atoms with van der Waals surface area (Å²) in [6.45, 7) is 9.48. The highest BCUT2D eigenvalue weighted by molar-refractivity contribution is 5.86. The van der Waals surface area contributed by atoms with Crippen molar-refractivity contribution in [1.29, 1.82) is 0 Å². The molecule has 0 spiro atoms. The van der Waals surface area contributed by atoms with Crippen LogP contribution < -0.4 is 11.1 Å². The maximum Gasteiger partial charge on any atom is 0.239 e. The van der Waals surface area contributed by atoms with Crippen LogP contribution in [0.1, 0.15) is 46.5 Å². The van der Waals surface area contributed by atoms with E-state index in [4.69, 9.17) is 5.73 Å². The lowest BCUT2D eigenvalue weighted by atomic mass is 9.88. The molecule has 1 amide bonds. The van der Waals surface area contributed by atoms with Crippen LogP contribution in [0.15, 0.2) is 0 Å². The summed E-state index contributed by atoms with van der Waals surface area (Å²) in [6.07, 6.45) is 4.81. The third-order valence-corrected chi connectivity index (χ3v) is 4.47. The number of nitrogens with one attached hydrogen (secondary N) is 1. The van der Waals surface area contributed by atoms with E-state index in [9.17, 15) is 4.79 Å². The lowest BCUT2D eigenvalue weighted by Gasteiger charge is -2.41. The number of rotatable bonds is 6. The number of amides is 1. The maximum absolute atomic E-state index is 12.1. The Morgan fingerprint density at radius 1 is 1.42 bits per heavy atom. The Hall–Kier alpha value is -0.610. The summed E-state index contributed by atoms with van der Waals surface area (Å²) in [5.74, 6) is 1.00. The third kappa shape index (κ3) is 3.48. The molecule has 4 nitrogen and oxygen atoms in total. The van der Waals surface area contributed by atoms with Crippen molar-refractivity contribution in [2.75, 3.05) is 19.6 Å². The van der Waals surface area contributed by atoms with Gasteiger partial charge in [0.05, 0.1) is 0 Å². The van der Waals surface area contributed by atoms with Gasteiger partial charge in [0.2, 0.25) is 5.91 Å². The zero-order valence-electron chi connectivity index (χ0n) is 12.6. The predicted molar refractivity (Wildman–Crippen MR) is 77.8 cm³/mol. The number of nitrogens with two attached hydrogens (primary N) is 1. The van der Waals surface area contributed by atoms with Gasteiger partial charge in [-0.1, -0.05) is 6.92 Å².